The largest absolute Gasteiger partial charge is 0.417 e. The summed E-state index contributed by atoms with van der Waals surface area (Å²) in [7, 11) is 0. The zero-order chi connectivity index (χ0) is 21.5. The van der Waals surface area contributed by atoms with Crippen molar-refractivity contribution in [2.24, 2.45) is 0 Å². The van der Waals surface area contributed by atoms with Crippen LogP contribution in [-0.4, -0.2) is 17.9 Å². The number of amides is 2. The molecule has 0 fully saturated rings. The number of rotatable bonds is 3. The summed E-state index contributed by atoms with van der Waals surface area (Å²) in [5.74, 6) is -1.03. The van der Waals surface area contributed by atoms with E-state index in [1.165, 1.54) is 6.07 Å². The lowest BCUT2D eigenvalue weighted by atomic mass is 10.1. The highest BCUT2D eigenvalue weighted by Gasteiger charge is 2.33. The number of carbonyl (C=O) groups excluding carboxylic acids is 2. The van der Waals surface area contributed by atoms with E-state index in [1.807, 2.05) is 24.3 Å². The van der Waals surface area contributed by atoms with E-state index in [1.54, 1.807) is 12.1 Å². The maximum absolute atomic E-state index is 13.0. The Morgan fingerprint density at radius 2 is 1.77 bits per heavy atom. The first kappa shape index (κ1) is 20.0. The Labute approximate surface area is 174 Å². The lowest BCUT2D eigenvalue weighted by molar-refractivity contribution is -0.137. The van der Waals surface area contributed by atoms with Crippen LogP contribution < -0.4 is 16.0 Å². The summed E-state index contributed by atoms with van der Waals surface area (Å²) >= 11 is 5.60. The molecule has 4 rings (SSSR count). The van der Waals surface area contributed by atoms with Crippen molar-refractivity contribution in [1.29, 1.82) is 0 Å². The topological polar surface area (TPSA) is 70.2 Å². The number of anilines is 3. The number of nitrogens with one attached hydrogen (secondary N) is 3. The maximum Gasteiger partial charge on any atom is 0.417 e. The average molecular weight is 434 g/mol. The summed E-state index contributed by atoms with van der Waals surface area (Å²) in [6.07, 6.45) is -4.93. The molecule has 0 aromatic heterocycles. The smallest absolute Gasteiger partial charge is 0.373 e. The molecule has 154 valence electrons. The number of alkyl halides is 3. The van der Waals surface area contributed by atoms with Gasteiger partial charge in [0, 0.05) is 16.8 Å². The predicted octanol–water partition coefficient (Wildman–Crippen LogP) is 5.27. The van der Waals surface area contributed by atoms with Crippen molar-refractivity contribution in [3.63, 3.8) is 0 Å². The first-order chi connectivity index (χ1) is 14.2. The summed E-state index contributed by atoms with van der Waals surface area (Å²) in [4.78, 5) is 25.1. The van der Waals surface area contributed by atoms with Crippen LogP contribution in [0.25, 0.3) is 10.8 Å². The van der Waals surface area contributed by atoms with Gasteiger partial charge in [-0.15, -0.1) is 0 Å². The first-order valence-corrected chi connectivity index (χ1v) is 9.36. The van der Waals surface area contributed by atoms with E-state index in [-0.39, 0.29) is 12.1 Å². The molecule has 1 aliphatic rings. The first-order valence-electron chi connectivity index (χ1n) is 8.98. The molecule has 5 nitrogen and oxygen atoms in total. The van der Waals surface area contributed by atoms with Crippen LogP contribution in [0.15, 0.2) is 54.6 Å². The standard InChI is InChI=1S/C21H15ClF3N3O2/c22-14-8-7-12(9-13(14)21(23,24)25)26-18(29)10-17-20(30)28-16-6-2-4-11-3-1-5-15(27-17)19(11)16/h1-9,17,27H,10H2,(H,26,29)(H,28,30)/t17-/m1/s1. The minimum atomic E-state index is -4.65. The highest BCUT2D eigenvalue weighted by molar-refractivity contribution is 6.31. The normalized spacial score (nSPS) is 15.9. The van der Waals surface area contributed by atoms with Gasteiger partial charge in [0.15, 0.2) is 0 Å². The number of hydrogen-bond acceptors (Lipinski definition) is 3. The molecule has 3 aromatic carbocycles. The van der Waals surface area contributed by atoms with Crippen LogP contribution in [0.5, 0.6) is 0 Å². The molecule has 1 aliphatic heterocycles. The monoisotopic (exact) mass is 433 g/mol. The summed E-state index contributed by atoms with van der Waals surface area (Å²) in [6, 6.07) is 13.2. The average Bonchev–Trinajstić information content (AvgIpc) is 2.81. The highest BCUT2D eigenvalue weighted by atomic mass is 35.5. The van der Waals surface area contributed by atoms with E-state index >= 15 is 0 Å². The fraction of sp³-hybridized carbons (Fsp3) is 0.143. The zero-order valence-electron chi connectivity index (χ0n) is 15.3. The molecule has 9 heteroatoms. The second-order valence-corrected chi connectivity index (χ2v) is 7.25. The fourth-order valence-corrected chi connectivity index (χ4v) is 3.62. The van der Waals surface area contributed by atoms with Gasteiger partial charge in [-0.05, 0) is 35.7 Å². The van der Waals surface area contributed by atoms with Crippen molar-refractivity contribution in [3.8, 4) is 0 Å². The fourth-order valence-electron chi connectivity index (χ4n) is 3.40. The lowest BCUT2D eigenvalue weighted by Gasteiger charge is -2.17. The second kappa shape index (κ2) is 7.53. The third-order valence-corrected chi connectivity index (χ3v) is 5.08. The second-order valence-electron chi connectivity index (χ2n) is 6.84. The predicted molar refractivity (Wildman–Crippen MR) is 110 cm³/mol. The van der Waals surface area contributed by atoms with Crippen molar-refractivity contribution < 1.29 is 22.8 Å². The van der Waals surface area contributed by atoms with Gasteiger partial charge in [-0.1, -0.05) is 35.9 Å². The van der Waals surface area contributed by atoms with Gasteiger partial charge in [0.2, 0.25) is 11.8 Å². The van der Waals surface area contributed by atoms with E-state index in [2.05, 4.69) is 16.0 Å². The SMILES string of the molecule is O=C(C[C@H]1Nc2cccc3cccc(c23)NC1=O)Nc1ccc(Cl)c(C(F)(F)F)c1. The van der Waals surface area contributed by atoms with Crippen LogP contribution in [0, 0.1) is 0 Å². The van der Waals surface area contributed by atoms with E-state index in [9.17, 15) is 22.8 Å². The van der Waals surface area contributed by atoms with Gasteiger partial charge in [0.1, 0.15) is 6.04 Å². The maximum atomic E-state index is 13.0. The summed E-state index contributed by atoms with van der Waals surface area (Å²) in [6.45, 7) is 0. The van der Waals surface area contributed by atoms with Crippen molar-refractivity contribution in [1.82, 2.24) is 0 Å². The van der Waals surface area contributed by atoms with Gasteiger partial charge in [-0.3, -0.25) is 9.59 Å². The molecule has 0 unspecified atom stereocenters. The van der Waals surface area contributed by atoms with E-state index in [0.717, 1.165) is 22.9 Å². The molecule has 30 heavy (non-hydrogen) atoms. The molecule has 0 radical (unpaired) electrons. The van der Waals surface area contributed by atoms with Crippen molar-refractivity contribution >= 4 is 51.2 Å². The molecule has 0 bridgehead atoms. The van der Waals surface area contributed by atoms with Crippen LogP contribution in [0.4, 0.5) is 30.2 Å². The molecular formula is C21H15ClF3N3O2. The Balaban J connectivity index is 1.54. The Hall–Kier alpha value is -3.26. The van der Waals surface area contributed by atoms with Crippen LogP contribution in [0.3, 0.4) is 0 Å². The Morgan fingerprint density at radius 3 is 2.47 bits per heavy atom. The van der Waals surface area contributed by atoms with Gasteiger partial charge in [-0.25, -0.2) is 0 Å². The molecule has 0 saturated carbocycles. The molecule has 3 N–H and O–H groups in total. The number of carbonyl (C=O) groups is 2. The molecule has 1 heterocycles. The Morgan fingerprint density at radius 1 is 1.07 bits per heavy atom. The van der Waals surface area contributed by atoms with Gasteiger partial charge < -0.3 is 16.0 Å². The summed E-state index contributed by atoms with van der Waals surface area (Å²) < 4.78 is 39.0. The number of hydrogen-bond donors (Lipinski definition) is 3. The van der Waals surface area contributed by atoms with Gasteiger partial charge >= 0.3 is 6.18 Å². The van der Waals surface area contributed by atoms with Crippen molar-refractivity contribution in [2.75, 3.05) is 16.0 Å². The molecule has 2 amide bonds. The minimum Gasteiger partial charge on any atom is -0.373 e. The van der Waals surface area contributed by atoms with E-state index in [0.29, 0.717) is 11.4 Å². The lowest BCUT2D eigenvalue weighted by Crippen LogP contribution is -2.36. The van der Waals surface area contributed by atoms with E-state index < -0.39 is 34.6 Å². The van der Waals surface area contributed by atoms with Crippen LogP contribution in [-0.2, 0) is 15.8 Å². The molecule has 0 aliphatic carbocycles. The molecule has 1 atom stereocenters. The minimum absolute atomic E-state index is 0.0591. The van der Waals surface area contributed by atoms with Crippen molar-refractivity contribution in [2.45, 2.75) is 18.6 Å². The van der Waals surface area contributed by atoms with Crippen molar-refractivity contribution in [3.05, 3.63) is 65.2 Å². The zero-order valence-corrected chi connectivity index (χ0v) is 16.1. The molecule has 0 spiro atoms. The number of halogens is 4. The highest BCUT2D eigenvalue weighted by Crippen LogP contribution is 2.36. The summed E-state index contributed by atoms with van der Waals surface area (Å²) in [5.41, 5.74) is 0.201. The Bertz CT molecular complexity index is 1160. The quantitative estimate of drug-likeness (QED) is 0.526. The van der Waals surface area contributed by atoms with Crippen LogP contribution >= 0.6 is 11.6 Å². The van der Waals surface area contributed by atoms with Gasteiger partial charge in [-0.2, -0.15) is 13.2 Å². The third kappa shape index (κ3) is 3.91. The van der Waals surface area contributed by atoms with Gasteiger partial charge in [0.25, 0.3) is 0 Å². The third-order valence-electron chi connectivity index (χ3n) is 4.75. The van der Waals surface area contributed by atoms with E-state index in [4.69, 9.17) is 11.6 Å². The van der Waals surface area contributed by atoms with Crippen LogP contribution in [0.2, 0.25) is 5.02 Å². The molecular weight excluding hydrogens is 419 g/mol. The Kier molecular flexibility index (Phi) is 5.03. The van der Waals surface area contributed by atoms with Gasteiger partial charge in [0.05, 0.1) is 22.7 Å². The van der Waals surface area contributed by atoms with Crippen LogP contribution in [0.1, 0.15) is 12.0 Å². The molecule has 3 aromatic rings. The summed E-state index contributed by atoms with van der Waals surface area (Å²) in [5, 5.41) is 9.54. The molecule has 0 saturated heterocycles. The number of benzene rings is 3.